The largest absolute Gasteiger partial charge is 0.493 e. The van der Waals surface area contributed by atoms with E-state index in [9.17, 15) is 5.11 Å². The highest BCUT2D eigenvalue weighted by molar-refractivity contribution is 7.08. The standard InChI is InChI=1S/C22H34N4O3S/c1-7-23-21(25-15-22(2,27)17-10-11-30-14-17)24-13-18(26(3)4)16-8-9-19(28-5)20(12-16)29-6/h8-12,14,18,27H,7,13,15H2,1-6H3,(H2,23,24,25). The topological polar surface area (TPSA) is 78.4 Å². The first-order valence-electron chi connectivity index (χ1n) is 9.98. The second-order valence-corrected chi connectivity index (χ2v) is 8.24. The Morgan fingerprint density at radius 3 is 2.50 bits per heavy atom. The molecule has 1 aromatic heterocycles. The highest BCUT2D eigenvalue weighted by Gasteiger charge is 2.23. The first-order valence-corrected chi connectivity index (χ1v) is 10.9. The molecule has 0 radical (unpaired) electrons. The SMILES string of the molecule is CCNC(=NCC(C)(O)c1ccsc1)NCC(c1ccc(OC)c(OC)c1)N(C)C. The minimum Gasteiger partial charge on any atom is -0.493 e. The average Bonchev–Trinajstić information content (AvgIpc) is 3.27. The molecule has 0 saturated carbocycles. The van der Waals surface area contributed by atoms with Crippen molar-refractivity contribution in [1.29, 1.82) is 0 Å². The minimum atomic E-state index is -1.01. The maximum absolute atomic E-state index is 10.8. The minimum absolute atomic E-state index is 0.0889. The molecule has 1 heterocycles. The number of likely N-dealkylation sites (N-methyl/N-ethyl adjacent to an activating group) is 1. The van der Waals surface area contributed by atoms with Crippen molar-refractivity contribution in [3.05, 3.63) is 46.2 Å². The Kier molecular flexibility index (Phi) is 8.95. The number of nitrogens with one attached hydrogen (secondary N) is 2. The van der Waals surface area contributed by atoms with E-state index in [4.69, 9.17) is 9.47 Å². The molecule has 2 unspecified atom stereocenters. The van der Waals surface area contributed by atoms with Gasteiger partial charge in [0, 0.05) is 13.1 Å². The lowest BCUT2D eigenvalue weighted by atomic mass is 10.00. The fourth-order valence-corrected chi connectivity index (χ4v) is 3.87. The Bertz CT molecular complexity index is 807. The number of aliphatic imine (C=N–C) groups is 1. The van der Waals surface area contributed by atoms with Crippen LogP contribution in [-0.4, -0.2) is 63.9 Å². The van der Waals surface area contributed by atoms with Crippen LogP contribution < -0.4 is 20.1 Å². The quantitative estimate of drug-likeness (QED) is 0.394. The van der Waals surface area contributed by atoms with Crippen molar-refractivity contribution < 1.29 is 14.6 Å². The zero-order chi connectivity index (χ0) is 22.1. The number of methoxy groups -OCH3 is 2. The zero-order valence-electron chi connectivity index (χ0n) is 18.7. The third-order valence-corrected chi connectivity index (χ3v) is 5.59. The molecule has 2 aromatic rings. The molecule has 7 nitrogen and oxygen atoms in total. The van der Waals surface area contributed by atoms with Gasteiger partial charge in [-0.2, -0.15) is 11.3 Å². The Morgan fingerprint density at radius 1 is 1.20 bits per heavy atom. The lowest BCUT2D eigenvalue weighted by Gasteiger charge is -2.27. The molecule has 2 atom stereocenters. The predicted molar refractivity (Wildman–Crippen MR) is 124 cm³/mol. The van der Waals surface area contributed by atoms with Crippen LogP contribution in [0.5, 0.6) is 11.5 Å². The van der Waals surface area contributed by atoms with Crippen molar-refractivity contribution in [2.45, 2.75) is 25.5 Å². The van der Waals surface area contributed by atoms with E-state index in [0.717, 1.165) is 17.7 Å². The summed E-state index contributed by atoms with van der Waals surface area (Å²) in [6, 6.07) is 7.98. The molecule has 0 aliphatic carbocycles. The van der Waals surface area contributed by atoms with Gasteiger partial charge in [0.2, 0.25) is 0 Å². The van der Waals surface area contributed by atoms with Gasteiger partial charge in [0.15, 0.2) is 17.5 Å². The van der Waals surface area contributed by atoms with Gasteiger partial charge in [0.1, 0.15) is 5.60 Å². The van der Waals surface area contributed by atoms with E-state index in [-0.39, 0.29) is 12.6 Å². The number of thiophene rings is 1. The molecular weight excluding hydrogens is 400 g/mol. The molecule has 1 aromatic carbocycles. The van der Waals surface area contributed by atoms with Crippen molar-refractivity contribution in [2.75, 3.05) is 47.9 Å². The number of ether oxygens (including phenoxy) is 2. The molecule has 0 amide bonds. The van der Waals surface area contributed by atoms with Gasteiger partial charge in [-0.25, -0.2) is 4.99 Å². The van der Waals surface area contributed by atoms with E-state index >= 15 is 0 Å². The summed E-state index contributed by atoms with van der Waals surface area (Å²) in [5.41, 5.74) is 0.974. The summed E-state index contributed by atoms with van der Waals surface area (Å²) in [6.45, 7) is 5.44. The van der Waals surface area contributed by atoms with Gasteiger partial charge < -0.3 is 30.1 Å². The highest BCUT2D eigenvalue weighted by Crippen LogP contribution is 2.31. The molecule has 166 valence electrons. The summed E-state index contributed by atoms with van der Waals surface area (Å²) in [5, 5.41) is 21.3. The first kappa shape index (κ1) is 24.0. The van der Waals surface area contributed by atoms with Crippen molar-refractivity contribution in [2.24, 2.45) is 4.99 Å². The smallest absolute Gasteiger partial charge is 0.191 e. The molecule has 0 fully saturated rings. The Balaban J connectivity index is 2.13. The lowest BCUT2D eigenvalue weighted by Crippen LogP contribution is -2.42. The van der Waals surface area contributed by atoms with Gasteiger partial charge in [-0.05, 0) is 68.0 Å². The van der Waals surface area contributed by atoms with Crippen molar-refractivity contribution in [1.82, 2.24) is 15.5 Å². The Labute approximate surface area is 183 Å². The molecule has 0 bridgehead atoms. The Morgan fingerprint density at radius 2 is 1.93 bits per heavy atom. The van der Waals surface area contributed by atoms with Crippen LogP contribution in [0.25, 0.3) is 0 Å². The molecule has 8 heteroatoms. The monoisotopic (exact) mass is 434 g/mol. The van der Waals surface area contributed by atoms with E-state index in [1.165, 1.54) is 0 Å². The summed E-state index contributed by atoms with van der Waals surface area (Å²) in [5.74, 6) is 2.08. The van der Waals surface area contributed by atoms with Gasteiger partial charge in [-0.3, -0.25) is 0 Å². The van der Waals surface area contributed by atoms with Crippen molar-refractivity contribution in [3.63, 3.8) is 0 Å². The third kappa shape index (κ3) is 6.35. The molecule has 30 heavy (non-hydrogen) atoms. The lowest BCUT2D eigenvalue weighted by molar-refractivity contribution is 0.0677. The number of hydrogen-bond acceptors (Lipinski definition) is 6. The van der Waals surface area contributed by atoms with Crippen LogP contribution in [0.4, 0.5) is 0 Å². The van der Waals surface area contributed by atoms with Crippen LogP contribution in [0.15, 0.2) is 40.0 Å². The molecule has 3 N–H and O–H groups in total. The maximum atomic E-state index is 10.8. The van der Waals surface area contributed by atoms with E-state index < -0.39 is 5.60 Å². The maximum Gasteiger partial charge on any atom is 0.191 e. The van der Waals surface area contributed by atoms with Gasteiger partial charge in [-0.15, -0.1) is 0 Å². The van der Waals surface area contributed by atoms with Crippen molar-refractivity contribution in [3.8, 4) is 11.5 Å². The van der Waals surface area contributed by atoms with E-state index in [1.807, 2.05) is 56.0 Å². The first-order chi connectivity index (χ1) is 14.3. The number of aliphatic hydroxyl groups is 1. The fourth-order valence-electron chi connectivity index (χ4n) is 3.09. The van der Waals surface area contributed by atoms with E-state index in [2.05, 4.69) is 20.5 Å². The Hall–Kier alpha value is -2.29. The average molecular weight is 435 g/mol. The van der Waals surface area contributed by atoms with Crippen LogP contribution in [0.1, 0.15) is 31.0 Å². The number of rotatable bonds is 10. The van der Waals surface area contributed by atoms with E-state index in [1.54, 1.807) is 32.5 Å². The summed E-state index contributed by atoms with van der Waals surface area (Å²) < 4.78 is 10.8. The van der Waals surface area contributed by atoms with Crippen LogP contribution in [0, 0.1) is 0 Å². The van der Waals surface area contributed by atoms with Crippen LogP contribution in [-0.2, 0) is 5.60 Å². The molecule has 0 aliphatic heterocycles. The van der Waals surface area contributed by atoms with E-state index in [0.29, 0.717) is 24.0 Å². The second-order valence-electron chi connectivity index (χ2n) is 7.46. The third-order valence-electron chi connectivity index (χ3n) is 4.91. The number of benzene rings is 1. The number of hydrogen-bond donors (Lipinski definition) is 3. The van der Waals surface area contributed by atoms with Crippen molar-refractivity contribution >= 4 is 17.3 Å². The van der Waals surface area contributed by atoms with Crippen LogP contribution in [0.3, 0.4) is 0 Å². The van der Waals surface area contributed by atoms with Gasteiger partial charge in [0.05, 0.1) is 26.8 Å². The van der Waals surface area contributed by atoms with Gasteiger partial charge >= 0.3 is 0 Å². The predicted octanol–water partition coefficient (Wildman–Crippen LogP) is 2.83. The van der Waals surface area contributed by atoms with Crippen LogP contribution in [0.2, 0.25) is 0 Å². The number of nitrogens with zero attached hydrogens (tertiary/aromatic N) is 2. The molecule has 0 aliphatic rings. The zero-order valence-corrected chi connectivity index (χ0v) is 19.5. The molecule has 0 saturated heterocycles. The normalized spacial score (nSPS) is 14.9. The van der Waals surface area contributed by atoms with Gasteiger partial charge in [-0.1, -0.05) is 6.07 Å². The summed E-state index contributed by atoms with van der Waals surface area (Å²) in [4.78, 5) is 6.75. The number of guanidine groups is 1. The highest BCUT2D eigenvalue weighted by atomic mass is 32.1. The molecule has 2 rings (SSSR count). The van der Waals surface area contributed by atoms with Crippen LogP contribution >= 0.6 is 11.3 Å². The molecular formula is C22H34N4O3S. The summed E-state index contributed by atoms with van der Waals surface area (Å²) in [6.07, 6.45) is 0. The van der Waals surface area contributed by atoms with Gasteiger partial charge in [0.25, 0.3) is 0 Å². The summed E-state index contributed by atoms with van der Waals surface area (Å²) in [7, 11) is 7.34. The molecule has 0 spiro atoms. The fraction of sp³-hybridized carbons (Fsp3) is 0.500. The summed E-state index contributed by atoms with van der Waals surface area (Å²) >= 11 is 1.57. The second kappa shape index (κ2) is 11.2.